The van der Waals surface area contributed by atoms with Gasteiger partial charge in [0.15, 0.2) is 0 Å². The summed E-state index contributed by atoms with van der Waals surface area (Å²) in [7, 11) is 1.24. The lowest BCUT2D eigenvalue weighted by Crippen LogP contribution is -2.30. The number of hydrogen-bond donors (Lipinski definition) is 1. The SMILES string of the molecule is COC(=O)c1ccc(CN2C(=O)NC(=Cc3cc(C)n(-c4cccnc4)c3C)C2=O)o1. The summed E-state index contributed by atoms with van der Waals surface area (Å²) in [6, 6.07) is 8.13. The Morgan fingerprint density at radius 3 is 2.77 bits per heavy atom. The van der Waals surface area contributed by atoms with Crippen LogP contribution < -0.4 is 5.32 Å². The standard InChI is InChI=1S/C22H20N4O5/c1-13-9-15(14(2)26(13)16-5-4-8-23-11-16)10-18-20(27)25(22(29)24-18)12-17-6-7-19(31-17)21(28)30-3/h4-11H,12H2,1-3H3,(H,24,29). The van der Waals surface area contributed by atoms with E-state index in [1.165, 1.54) is 19.2 Å². The number of furan rings is 1. The lowest BCUT2D eigenvalue weighted by molar-refractivity contribution is -0.123. The van der Waals surface area contributed by atoms with Crippen LogP contribution in [0.5, 0.6) is 0 Å². The molecule has 3 aromatic rings. The second kappa shape index (κ2) is 7.94. The molecule has 9 nitrogen and oxygen atoms in total. The van der Waals surface area contributed by atoms with Gasteiger partial charge in [-0.15, -0.1) is 0 Å². The van der Waals surface area contributed by atoms with E-state index in [0.717, 1.165) is 27.5 Å². The molecular formula is C22H20N4O5. The number of aryl methyl sites for hydroxylation is 1. The molecule has 0 unspecified atom stereocenters. The molecule has 3 amide bonds. The minimum absolute atomic E-state index is 0.00293. The van der Waals surface area contributed by atoms with Crippen molar-refractivity contribution in [1.29, 1.82) is 0 Å². The van der Waals surface area contributed by atoms with E-state index < -0.39 is 17.9 Å². The summed E-state index contributed by atoms with van der Waals surface area (Å²) in [5.74, 6) is -0.816. The molecule has 0 saturated carbocycles. The number of urea groups is 1. The number of nitrogens with one attached hydrogen (secondary N) is 1. The number of amides is 3. The van der Waals surface area contributed by atoms with Crippen molar-refractivity contribution in [2.45, 2.75) is 20.4 Å². The third-order valence-electron chi connectivity index (χ3n) is 5.00. The summed E-state index contributed by atoms with van der Waals surface area (Å²) in [6.07, 6.45) is 5.11. The van der Waals surface area contributed by atoms with Crippen LogP contribution in [0.1, 0.15) is 33.3 Å². The van der Waals surface area contributed by atoms with Gasteiger partial charge in [-0.25, -0.2) is 9.59 Å². The second-order valence-electron chi connectivity index (χ2n) is 7.01. The van der Waals surface area contributed by atoms with Crippen LogP contribution in [0.25, 0.3) is 11.8 Å². The summed E-state index contributed by atoms with van der Waals surface area (Å²) in [4.78, 5) is 41.9. The van der Waals surface area contributed by atoms with Gasteiger partial charge in [0, 0.05) is 17.6 Å². The van der Waals surface area contributed by atoms with Gasteiger partial charge in [0.1, 0.15) is 11.5 Å². The first kappa shape index (κ1) is 20.1. The molecule has 9 heteroatoms. The summed E-state index contributed by atoms with van der Waals surface area (Å²) in [5, 5.41) is 2.60. The first-order chi connectivity index (χ1) is 14.9. The molecule has 0 spiro atoms. The molecule has 158 valence electrons. The number of ether oxygens (including phenoxy) is 1. The Hall–Kier alpha value is -4.14. The Kier molecular flexibility index (Phi) is 5.16. The van der Waals surface area contributed by atoms with Crippen molar-refractivity contribution < 1.29 is 23.5 Å². The number of imide groups is 1. The molecule has 0 radical (unpaired) electrons. The first-order valence-corrected chi connectivity index (χ1v) is 9.50. The monoisotopic (exact) mass is 420 g/mol. The fourth-order valence-electron chi connectivity index (χ4n) is 3.52. The number of pyridine rings is 1. The normalized spacial score (nSPS) is 14.9. The van der Waals surface area contributed by atoms with Crippen LogP contribution in [-0.4, -0.2) is 39.5 Å². The summed E-state index contributed by atoms with van der Waals surface area (Å²) in [5.41, 5.74) is 3.75. The molecule has 1 aliphatic rings. The Labute approximate surface area is 177 Å². The first-order valence-electron chi connectivity index (χ1n) is 9.50. The zero-order valence-electron chi connectivity index (χ0n) is 17.2. The van der Waals surface area contributed by atoms with Gasteiger partial charge in [0.2, 0.25) is 5.76 Å². The molecule has 1 aliphatic heterocycles. The van der Waals surface area contributed by atoms with Crippen LogP contribution in [0.15, 0.2) is 52.8 Å². The van der Waals surface area contributed by atoms with E-state index in [2.05, 4.69) is 15.0 Å². The minimum atomic E-state index is -0.631. The highest BCUT2D eigenvalue weighted by atomic mass is 16.5. The van der Waals surface area contributed by atoms with E-state index in [9.17, 15) is 14.4 Å². The highest BCUT2D eigenvalue weighted by Gasteiger charge is 2.34. The number of rotatable bonds is 5. The zero-order chi connectivity index (χ0) is 22.1. The van der Waals surface area contributed by atoms with Gasteiger partial charge in [-0.2, -0.15) is 0 Å². The number of carbonyl (C=O) groups excluding carboxylic acids is 3. The lowest BCUT2D eigenvalue weighted by Gasteiger charge is -2.09. The molecule has 1 N–H and O–H groups in total. The zero-order valence-corrected chi connectivity index (χ0v) is 17.2. The van der Waals surface area contributed by atoms with E-state index >= 15 is 0 Å². The third kappa shape index (κ3) is 3.73. The number of nitrogens with zero attached hydrogens (tertiary/aromatic N) is 3. The van der Waals surface area contributed by atoms with Gasteiger partial charge < -0.3 is 19.0 Å². The van der Waals surface area contributed by atoms with E-state index in [-0.39, 0.29) is 18.0 Å². The number of aromatic nitrogens is 2. The number of methoxy groups -OCH3 is 1. The smallest absolute Gasteiger partial charge is 0.373 e. The molecule has 0 aromatic carbocycles. The van der Waals surface area contributed by atoms with Crippen LogP contribution in [0.4, 0.5) is 4.79 Å². The van der Waals surface area contributed by atoms with Crippen molar-refractivity contribution in [3.05, 3.63) is 76.9 Å². The van der Waals surface area contributed by atoms with Gasteiger partial charge in [-0.3, -0.25) is 14.7 Å². The second-order valence-corrected chi connectivity index (χ2v) is 7.01. The van der Waals surface area contributed by atoms with Gasteiger partial charge in [0.05, 0.1) is 25.5 Å². The molecule has 4 heterocycles. The number of esters is 1. The maximum absolute atomic E-state index is 12.8. The predicted molar refractivity (Wildman–Crippen MR) is 110 cm³/mol. The highest BCUT2D eigenvalue weighted by Crippen LogP contribution is 2.24. The number of hydrogen-bond acceptors (Lipinski definition) is 6. The maximum Gasteiger partial charge on any atom is 0.373 e. The molecule has 31 heavy (non-hydrogen) atoms. The van der Waals surface area contributed by atoms with Crippen molar-refractivity contribution >= 4 is 24.0 Å². The molecule has 3 aromatic heterocycles. The fourth-order valence-corrected chi connectivity index (χ4v) is 3.52. The molecule has 4 rings (SSSR count). The van der Waals surface area contributed by atoms with Gasteiger partial charge in [-0.05, 0) is 55.8 Å². The van der Waals surface area contributed by atoms with Crippen LogP contribution in [0, 0.1) is 13.8 Å². The average Bonchev–Trinajstić information content (AvgIpc) is 3.42. The molecule has 1 fully saturated rings. The van der Waals surface area contributed by atoms with Crippen molar-refractivity contribution in [3.63, 3.8) is 0 Å². The van der Waals surface area contributed by atoms with Crippen LogP contribution in [0.3, 0.4) is 0 Å². The largest absolute Gasteiger partial charge is 0.463 e. The van der Waals surface area contributed by atoms with E-state index in [4.69, 9.17) is 4.42 Å². The molecule has 0 atom stereocenters. The van der Waals surface area contributed by atoms with E-state index in [1.807, 2.05) is 36.6 Å². The number of carbonyl (C=O) groups is 3. The van der Waals surface area contributed by atoms with Crippen molar-refractivity contribution in [1.82, 2.24) is 19.8 Å². The Morgan fingerprint density at radius 2 is 2.06 bits per heavy atom. The molecule has 0 bridgehead atoms. The third-order valence-corrected chi connectivity index (χ3v) is 5.00. The van der Waals surface area contributed by atoms with Gasteiger partial charge in [0.25, 0.3) is 5.91 Å². The Morgan fingerprint density at radius 1 is 1.26 bits per heavy atom. The molecule has 0 aliphatic carbocycles. The Bertz CT molecular complexity index is 1210. The maximum atomic E-state index is 12.8. The van der Waals surface area contributed by atoms with Crippen molar-refractivity contribution in [2.75, 3.05) is 7.11 Å². The lowest BCUT2D eigenvalue weighted by atomic mass is 10.2. The van der Waals surface area contributed by atoms with E-state index in [1.54, 1.807) is 18.5 Å². The van der Waals surface area contributed by atoms with Gasteiger partial charge >= 0.3 is 12.0 Å². The highest BCUT2D eigenvalue weighted by molar-refractivity contribution is 6.13. The quantitative estimate of drug-likeness (QED) is 0.386. The average molecular weight is 420 g/mol. The molecular weight excluding hydrogens is 400 g/mol. The topological polar surface area (TPSA) is 107 Å². The van der Waals surface area contributed by atoms with Crippen LogP contribution >= 0.6 is 0 Å². The van der Waals surface area contributed by atoms with Crippen LogP contribution in [-0.2, 0) is 16.1 Å². The predicted octanol–water partition coefficient (Wildman–Crippen LogP) is 2.96. The van der Waals surface area contributed by atoms with Crippen molar-refractivity contribution in [3.8, 4) is 5.69 Å². The summed E-state index contributed by atoms with van der Waals surface area (Å²) < 4.78 is 12.0. The van der Waals surface area contributed by atoms with Crippen LogP contribution in [0.2, 0.25) is 0 Å². The van der Waals surface area contributed by atoms with Gasteiger partial charge in [-0.1, -0.05) is 0 Å². The fraction of sp³-hybridized carbons (Fsp3) is 0.182. The summed E-state index contributed by atoms with van der Waals surface area (Å²) in [6.45, 7) is 3.79. The minimum Gasteiger partial charge on any atom is -0.463 e. The Balaban J connectivity index is 1.58. The summed E-state index contributed by atoms with van der Waals surface area (Å²) >= 11 is 0. The van der Waals surface area contributed by atoms with E-state index in [0.29, 0.717) is 5.76 Å². The molecule has 1 saturated heterocycles. The van der Waals surface area contributed by atoms with Crippen molar-refractivity contribution in [2.24, 2.45) is 0 Å².